The van der Waals surface area contributed by atoms with Crippen LogP contribution in [0, 0.1) is 0 Å². The highest BCUT2D eigenvalue weighted by atomic mass is 16.5. The summed E-state index contributed by atoms with van der Waals surface area (Å²) < 4.78 is 7.40. The van der Waals surface area contributed by atoms with Gasteiger partial charge in [0.1, 0.15) is 12.3 Å². The lowest BCUT2D eigenvalue weighted by atomic mass is 10.2. The molecule has 1 fully saturated rings. The van der Waals surface area contributed by atoms with E-state index in [2.05, 4.69) is 15.0 Å². The van der Waals surface area contributed by atoms with Crippen LogP contribution in [0.3, 0.4) is 0 Å². The zero-order valence-corrected chi connectivity index (χ0v) is 12.0. The Labute approximate surface area is 129 Å². The van der Waals surface area contributed by atoms with Crippen LogP contribution in [0.2, 0.25) is 0 Å². The molecule has 23 heavy (non-hydrogen) atoms. The maximum absolute atomic E-state index is 11.9. The molecule has 0 bridgehead atoms. The number of anilines is 1. The third-order valence-corrected chi connectivity index (χ3v) is 4.11. The standard InChI is InChI=1S/C14H15N5O4/c15-14-17-7-2-9-8(1-6(7)13(22)18-14)16-5-19(9)12-3-10(21)11(4-20)23-12/h1-2,5,10-12,20-21H,3-4H2,(H3,15,17,18,22)/t10-,11+,12+/m0/s1. The number of benzene rings is 1. The number of aliphatic hydroxyl groups is 2. The molecule has 4 rings (SSSR count). The quantitative estimate of drug-likeness (QED) is 0.499. The van der Waals surface area contributed by atoms with Crippen molar-refractivity contribution in [2.24, 2.45) is 0 Å². The molecule has 5 N–H and O–H groups in total. The monoisotopic (exact) mass is 317 g/mol. The smallest absolute Gasteiger partial charge is 0.260 e. The Kier molecular flexibility index (Phi) is 3.08. The second-order valence-corrected chi connectivity index (χ2v) is 5.58. The van der Waals surface area contributed by atoms with Gasteiger partial charge >= 0.3 is 0 Å². The van der Waals surface area contributed by atoms with Crippen LogP contribution in [0.25, 0.3) is 21.9 Å². The molecule has 120 valence electrons. The number of aromatic amines is 1. The second-order valence-electron chi connectivity index (χ2n) is 5.58. The summed E-state index contributed by atoms with van der Waals surface area (Å²) in [6.45, 7) is -0.249. The lowest BCUT2D eigenvalue weighted by Gasteiger charge is -2.14. The average Bonchev–Trinajstić information content (AvgIpc) is 3.08. The fourth-order valence-electron chi connectivity index (χ4n) is 2.96. The number of H-pyrrole nitrogens is 1. The van der Waals surface area contributed by atoms with Crippen molar-refractivity contribution in [3.63, 3.8) is 0 Å². The maximum atomic E-state index is 11.9. The minimum atomic E-state index is -0.737. The highest BCUT2D eigenvalue weighted by Crippen LogP contribution is 2.31. The summed E-state index contributed by atoms with van der Waals surface area (Å²) in [5.74, 6) is 0.0424. The fraction of sp³-hybridized carbons (Fsp3) is 0.357. The molecule has 9 heteroatoms. The van der Waals surface area contributed by atoms with Crippen LogP contribution in [0.1, 0.15) is 12.6 Å². The Morgan fingerprint density at radius 1 is 1.43 bits per heavy atom. The molecule has 0 aliphatic carbocycles. The van der Waals surface area contributed by atoms with Crippen LogP contribution in [0.15, 0.2) is 23.3 Å². The van der Waals surface area contributed by atoms with Crippen molar-refractivity contribution in [1.82, 2.24) is 19.5 Å². The van der Waals surface area contributed by atoms with E-state index in [-0.39, 0.29) is 18.1 Å². The van der Waals surface area contributed by atoms with Crippen LogP contribution in [0.4, 0.5) is 5.95 Å². The van der Waals surface area contributed by atoms with Gasteiger partial charge in [-0.05, 0) is 12.1 Å². The molecule has 1 aromatic carbocycles. The highest BCUT2D eigenvalue weighted by molar-refractivity contribution is 5.93. The molecule has 0 spiro atoms. The van der Waals surface area contributed by atoms with Crippen LogP contribution in [0.5, 0.6) is 0 Å². The van der Waals surface area contributed by atoms with Gasteiger partial charge in [-0.25, -0.2) is 9.97 Å². The number of aliphatic hydroxyl groups excluding tert-OH is 2. The third kappa shape index (κ3) is 2.17. The van der Waals surface area contributed by atoms with Crippen molar-refractivity contribution in [3.8, 4) is 0 Å². The van der Waals surface area contributed by atoms with Gasteiger partial charge in [0.25, 0.3) is 5.56 Å². The van der Waals surface area contributed by atoms with Crippen molar-refractivity contribution in [1.29, 1.82) is 0 Å². The SMILES string of the molecule is Nc1nc2cc3c(cc2c(=O)[nH]1)ncn3[C@H]1C[C@H](O)[C@@H](CO)O1. The molecular weight excluding hydrogens is 302 g/mol. The van der Waals surface area contributed by atoms with E-state index in [1.165, 1.54) is 0 Å². The summed E-state index contributed by atoms with van der Waals surface area (Å²) >= 11 is 0. The van der Waals surface area contributed by atoms with Gasteiger partial charge in [-0.1, -0.05) is 0 Å². The number of nitrogen functional groups attached to an aromatic ring is 1. The van der Waals surface area contributed by atoms with Crippen LogP contribution in [-0.2, 0) is 4.74 Å². The van der Waals surface area contributed by atoms with E-state index in [9.17, 15) is 15.0 Å². The zero-order valence-electron chi connectivity index (χ0n) is 12.0. The van der Waals surface area contributed by atoms with Gasteiger partial charge in [0, 0.05) is 6.42 Å². The van der Waals surface area contributed by atoms with Gasteiger partial charge in [-0.3, -0.25) is 9.78 Å². The first-order chi connectivity index (χ1) is 11.1. The van der Waals surface area contributed by atoms with Crippen LogP contribution in [-0.4, -0.2) is 48.5 Å². The average molecular weight is 317 g/mol. The third-order valence-electron chi connectivity index (χ3n) is 4.11. The number of hydrogen-bond acceptors (Lipinski definition) is 7. The zero-order chi connectivity index (χ0) is 16.1. The number of nitrogens with two attached hydrogens (primary N) is 1. The maximum Gasteiger partial charge on any atom is 0.260 e. The minimum absolute atomic E-state index is 0.0424. The first-order valence-corrected chi connectivity index (χ1v) is 7.17. The van der Waals surface area contributed by atoms with Gasteiger partial charge in [0.05, 0.1) is 41.0 Å². The van der Waals surface area contributed by atoms with E-state index in [1.807, 2.05) is 0 Å². The molecule has 9 nitrogen and oxygen atoms in total. The van der Waals surface area contributed by atoms with E-state index in [1.54, 1.807) is 23.0 Å². The Hall–Kier alpha value is -2.49. The van der Waals surface area contributed by atoms with E-state index in [4.69, 9.17) is 10.5 Å². The molecule has 2 aromatic heterocycles. The van der Waals surface area contributed by atoms with Gasteiger partial charge in [0.15, 0.2) is 0 Å². The lowest BCUT2D eigenvalue weighted by Crippen LogP contribution is -2.24. The summed E-state index contributed by atoms with van der Waals surface area (Å²) in [6, 6.07) is 3.35. The number of nitrogens with zero attached hydrogens (tertiary/aromatic N) is 3. The molecule has 3 heterocycles. The number of rotatable bonds is 2. The fourth-order valence-corrected chi connectivity index (χ4v) is 2.96. The normalized spacial score (nSPS) is 24.7. The van der Waals surface area contributed by atoms with Crippen molar-refractivity contribution in [3.05, 3.63) is 28.8 Å². The molecule has 1 aliphatic rings. The Morgan fingerprint density at radius 3 is 3.00 bits per heavy atom. The van der Waals surface area contributed by atoms with E-state index in [0.717, 1.165) is 0 Å². The van der Waals surface area contributed by atoms with Crippen LogP contribution < -0.4 is 11.3 Å². The van der Waals surface area contributed by atoms with Crippen molar-refractivity contribution in [2.45, 2.75) is 24.9 Å². The van der Waals surface area contributed by atoms with Gasteiger partial charge in [-0.15, -0.1) is 0 Å². The molecule has 3 aromatic rings. The van der Waals surface area contributed by atoms with Gasteiger partial charge in [-0.2, -0.15) is 0 Å². The molecule has 0 saturated carbocycles. The summed E-state index contributed by atoms with van der Waals surface area (Å²) in [5, 5.41) is 19.5. The number of nitrogens with one attached hydrogen (secondary N) is 1. The Balaban J connectivity index is 1.86. The van der Waals surface area contributed by atoms with Crippen LogP contribution >= 0.6 is 0 Å². The predicted molar refractivity (Wildman–Crippen MR) is 81.7 cm³/mol. The van der Waals surface area contributed by atoms with E-state index in [0.29, 0.717) is 28.4 Å². The molecule has 1 aliphatic heterocycles. The summed E-state index contributed by atoms with van der Waals surface area (Å²) in [5.41, 5.74) is 7.04. The van der Waals surface area contributed by atoms with Crippen molar-refractivity contribution >= 4 is 27.9 Å². The highest BCUT2D eigenvalue weighted by Gasteiger charge is 2.35. The summed E-state index contributed by atoms with van der Waals surface area (Å²) in [7, 11) is 0. The van der Waals surface area contributed by atoms with E-state index < -0.39 is 18.4 Å². The van der Waals surface area contributed by atoms with E-state index >= 15 is 0 Å². The van der Waals surface area contributed by atoms with Gasteiger partial charge in [0.2, 0.25) is 5.95 Å². The first-order valence-electron chi connectivity index (χ1n) is 7.17. The lowest BCUT2D eigenvalue weighted by molar-refractivity contribution is -0.0430. The molecule has 0 radical (unpaired) electrons. The first kappa shape index (κ1) is 14.1. The molecule has 0 amide bonds. The number of imidazole rings is 1. The minimum Gasteiger partial charge on any atom is -0.394 e. The largest absolute Gasteiger partial charge is 0.394 e. The Bertz CT molecular complexity index is 949. The predicted octanol–water partition coefficient (Wildman–Crippen LogP) is -0.504. The number of aromatic nitrogens is 4. The Morgan fingerprint density at radius 2 is 2.26 bits per heavy atom. The van der Waals surface area contributed by atoms with Crippen molar-refractivity contribution < 1.29 is 14.9 Å². The molecule has 0 unspecified atom stereocenters. The summed E-state index contributed by atoms with van der Waals surface area (Å²) in [4.78, 5) is 22.8. The number of ether oxygens (including phenoxy) is 1. The molecule has 1 saturated heterocycles. The molecule has 3 atom stereocenters. The number of hydrogen-bond donors (Lipinski definition) is 4. The number of fused-ring (bicyclic) bond motifs is 2. The summed E-state index contributed by atoms with van der Waals surface area (Å²) in [6.07, 6.45) is 0.135. The van der Waals surface area contributed by atoms with Crippen molar-refractivity contribution in [2.75, 3.05) is 12.3 Å². The topological polar surface area (TPSA) is 139 Å². The second kappa shape index (κ2) is 5.01. The molecular formula is C14H15N5O4. The van der Waals surface area contributed by atoms with Gasteiger partial charge < -0.3 is 25.3 Å².